The molecule has 3 N–H and O–H groups in total. The highest BCUT2D eigenvalue weighted by atomic mass is 32.2. The molecule has 8 nitrogen and oxygen atoms in total. The quantitative estimate of drug-likeness (QED) is 0.593. The highest BCUT2D eigenvalue weighted by Gasteiger charge is 2.31. The predicted molar refractivity (Wildman–Crippen MR) is 75.6 cm³/mol. The van der Waals surface area contributed by atoms with Gasteiger partial charge >= 0.3 is 12.0 Å². The Morgan fingerprint density at radius 2 is 2.05 bits per heavy atom. The number of nitrogens with zero attached hydrogens (tertiary/aromatic N) is 1. The molecule has 122 valence electrons. The first-order valence-electron chi connectivity index (χ1n) is 6.74. The molecule has 0 spiro atoms. The normalized spacial score (nSPS) is 21.9. The summed E-state index contributed by atoms with van der Waals surface area (Å²) in [4.78, 5) is 24.5. The van der Waals surface area contributed by atoms with Gasteiger partial charge in [-0.1, -0.05) is 0 Å². The molecule has 21 heavy (non-hydrogen) atoms. The van der Waals surface area contributed by atoms with E-state index in [2.05, 4.69) is 5.32 Å². The molecule has 3 atom stereocenters. The molecule has 0 aromatic carbocycles. The zero-order chi connectivity index (χ0) is 16.2. The van der Waals surface area contributed by atoms with Gasteiger partial charge in [-0.2, -0.15) is 0 Å². The van der Waals surface area contributed by atoms with Crippen LogP contribution in [0.1, 0.15) is 19.8 Å². The van der Waals surface area contributed by atoms with Crippen LogP contribution in [0, 0.1) is 5.92 Å². The van der Waals surface area contributed by atoms with Crippen molar-refractivity contribution in [3.05, 3.63) is 0 Å². The van der Waals surface area contributed by atoms with E-state index in [1.165, 1.54) is 4.90 Å². The standard InChI is InChI=1S/C12H22N2O6S/c1-8(15)9-3-5-14(7-9)12(18)13-10(11(16)17)4-6-21(2,19)20/h8-10,15H,3-7H2,1-2H3,(H,13,18)(H,16,17). The van der Waals surface area contributed by atoms with Gasteiger partial charge in [0.2, 0.25) is 0 Å². The lowest BCUT2D eigenvalue weighted by Gasteiger charge is -2.21. The predicted octanol–water partition coefficient (Wildman–Crippen LogP) is -0.713. The molecule has 1 rings (SSSR count). The third-order valence-corrected chi connectivity index (χ3v) is 4.54. The van der Waals surface area contributed by atoms with Crippen molar-refractivity contribution in [3.8, 4) is 0 Å². The number of aliphatic carboxylic acids is 1. The maximum absolute atomic E-state index is 12.0. The van der Waals surface area contributed by atoms with Crippen molar-refractivity contribution in [3.63, 3.8) is 0 Å². The van der Waals surface area contributed by atoms with Gasteiger partial charge in [0.25, 0.3) is 0 Å². The molecule has 1 heterocycles. The van der Waals surface area contributed by atoms with E-state index >= 15 is 0 Å². The number of amides is 2. The molecule has 2 amide bonds. The Morgan fingerprint density at radius 1 is 1.43 bits per heavy atom. The number of carboxylic acid groups (broad SMARTS) is 1. The minimum absolute atomic E-state index is 0.0185. The fourth-order valence-electron chi connectivity index (χ4n) is 2.20. The lowest BCUT2D eigenvalue weighted by molar-refractivity contribution is -0.139. The molecule has 0 aromatic heterocycles. The van der Waals surface area contributed by atoms with Crippen LogP contribution in [-0.2, 0) is 14.6 Å². The van der Waals surface area contributed by atoms with Crippen molar-refractivity contribution in [2.24, 2.45) is 5.92 Å². The second kappa shape index (κ2) is 7.08. The van der Waals surface area contributed by atoms with Crippen molar-refractivity contribution in [2.75, 3.05) is 25.1 Å². The van der Waals surface area contributed by atoms with E-state index in [0.717, 1.165) is 6.26 Å². The summed E-state index contributed by atoms with van der Waals surface area (Å²) in [7, 11) is -3.29. The van der Waals surface area contributed by atoms with Gasteiger partial charge in [0.15, 0.2) is 0 Å². The van der Waals surface area contributed by atoms with Gasteiger partial charge in [-0.3, -0.25) is 0 Å². The number of hydrogen-bond acceptors (Lipinski definition) is 5. The number of nitrogens with one attached hydrogen (secondary N) is 1. The molecular formula is C12H22N2O6S. The Hall–Kier alpha value is -1.35. The average molecular weight is 322 g/mol. The third-order valence-electron chi connectivity index (χ3n) is 3.57. The van der Waals surface area contributed by atoms with Crippen molar-refractivity contribution in [2.45, 2.75) is 31.9 Å². The number of urea groups is 1. The summed E-state index contributed by atoms with van der Waals surface area (Å²) in [5.41, 5.74) is 0. The van der Waals surface area contributed by atoms with E-state index < -0.39 is 34.0 Å². The first-order valence-corrected chi connectivity index (χ1v) is 8.80. The smallest absolute Gasteiger partial charge is 0.326 e. The minimum Gasteiger partial charge on any atom is -0.480 e. The van der Waals surface area contributed by atoms with Crippen LogP contribution in [0.4, 0.5) is 4.79 Å². The number of carboxylic acids is 1. The van der Waals surface area contributed by atoms with Crippen LogP contribution >= 0.6 is 0 Å². The summed E-state index contributed by atoms with van der Waals surface area (Å²) in [6, 6.07) is -1.78. The Morgan fingerprint density at radius 3 is 2.48 bits per heavy atom. The van der Waals surface area contributed by atoms with E-state index in [1.54, 1.807) is 6.92 Å². The summed E-state index contributed by atoms with van der Waals surface area (Å²) in [5, 5.41) is 20.8. The zero-order valence-electron chi connectivity index (χ0n) is 12.2. The van der Waals surface area contributed by atoms with Crippen LogP contribution in [-0.4, -0.2) is 72.8 Å². The number of likely N-dealkylation sites (tertiary alicyclic amines) is 1. The van der Waals surface area contributed by atoms with Crippen molar-refractivity contribution < 1.29 is 28.2 Å². The summed E-state index contributed by atoms with van der Waals surface area (Å²) >= 11 is 0. The molecule has 9 heteroatoms. The van der Waals surface area contributed by atoms with Crippen LogP contribution in [0.2, 0.25) is 0 Å². The van der Waals surface area contributed by atoms with Gasteiger partial charge in [0.1, 0.15) is 15.9 Å². The number of carbonyl (C=O) groups excluding carboxylic acids is 1. The molecule has 0 saturated carbocycles. The van der Waals surface area contributed by atoms with Gasteiger partial charge in [-0.15, -0.1) is 0 Å². The van der Waals surface area contributed by atoms with Gasteiger partial charge in [-0.05, 0) is 19.8 Å². The first kappa shape index (κ1) is 17.7. The summed E-state index contributed by atoms with van der Waals surface area (Å²) < 4.78 is 22.1. The molecule has 1 saturated heterocycles. The highest BCUT2D eigenvalue weighted by molar-refractivity contribution is 7.90. The Balaban J connectivity index is 2.55. The average Bonchev–Trinajstić information content (AvgIpc) is 2.82. The van der Waals surface area contributed by atoms with E-state index in [-0.39, 0.29) is 18.1 Å². The van der Waals surface area contributed by atoms with Crippen molar-refractivity contribution >= 4 is 21.8 Å². The molecule has 0 aliphatic carbocycles. The van der Waals surface area contributed by atoms with Crippen LogP contribution in [0.25, 0.3) is 0 Å². The lowest BCUT2D eigenvalue weighted by atomic mass is 10.0. The van der Waals surface area contributed by atoms with E-state index in [0.29, 0.717) is 19.5 Å². The van der Waals surface area contributed by atoms with Crippen LogP contribution in [0.3, 0.4) is 0 Å². The van der Waals surface area contributed by atoms with Crippen LogP contribution < -0.4 is 5.32 Å². The fraction of sp³-hybridized carbons (Fsp3) is 0.833. The lowest BCUT2D eigenvalue weighted by Crippen LogP contribution is -2.48. The number of rotatable bonds is 6. The number of carbonyl (C=O) groups is 2. The minimum atomic E-state index is -3.29. The second-order valence-corrected chi connectivity index (χ2v) is 7.75. The fourth-order valence-corrected chi connectivity index (χ4v) is 2.86. The summed E-state index contributed by atoms with van der Waals surface area (Å²) in [5.74, 6) is -1.59. The van der Waals surface area contributed by atoms with E-state index in [4.69, 9.17) is 5.11 Å². The zero-order valence-corrected chi connectivity index (χ0v) is 13.0. The van der Waals surface area contributed by atoms with Gasteiger partial charge in [0.05, 0.1) is 11.9 Å². The van der Waals surface area contributed by atoms with E-state index in [9.17, 15) is 23.1 Å². The third kappa shape index (κ3) is 5.88. The van der Waals surface area contributed by atoms with Gasteiger partial charge < -0.3 is 20.4 Å². The molecule has 0 aromatic rings. The molecular weight excluding hydrogens is 300 g/mol. The van der Waals surface area contributed by atoms with Crippen molar-refractivity contribution in [1.82, 2.24) is 10.2 Å². The Kier molecular flexibility index (Phi) is 5.97. The number of aliphatic hydroxyl groups excluding tert-OH is 1. The van der Waals surface area contributed by atoms with Crippen molar-refractivity contribution in [1.29, 1.82) is 0 Å². The largest absolute Gasteiger partial charge is 0.480 e. The monoisotopic (exact) mass is 322 g/mol. The second-order valence-electron chi connectivity index (χ2n) is 5.49. The molecule has 0 bridgehead atoms. The topological polar surface area (TPSA) is 124 Å². The maximum atomic E-state index is 12.0. The maximum Gasteiger partial charge on any atom is 0.326 e. The summed E-state index contributed by atoms with van der Waals surface area (Å²) in [6.07, 6.45) is 0.976. The molecule has 1 aliphatic rings. The molecule has 1 fully saturated rings. The van der Waals surface area contributed by atoms with Gasteiger partial charge in [-0.25, -0.2) is 18.0 Å². The van der Waals surface area contributed by atoms with Crippen LogP contribution in [0.15, 0.2) is 0 Å². The highest BCUT2D eigenvalue weighted by Crippen LogP contribution is 2.19. The Bertz CT molecular complexity index is 490. The molecule has 3 unspecified atom stereocenters. The van der Waals surface area contributed by atoms with E-state index in [1.807, 2.05) is 0 Å². The van der Waals surface area contributed by atoms with Crippen LogP contribution in [0.5, 0.6) is 0 Å². The molecule has 0 radical (unpaired) electrons. The molecule has 1 aliphatic heterocycles. The number of sulfone groups is 1. The first-order chi connectivity index (χ1) is 9.60. The number of aliphatic hydroxyl groups is 1. The number of hydrogen-bond donors (Lipinski definition) is 3. The summed E-state index contributed by atoms with van der Waals surface area (Å²) in [6.45, 7) is 2.46. The van der Waals surface area contributed by atoms with Gasteiger partial charge in [0, 0.05) is 25.3 Å². The Labute approximate surface area is 124 Å². The SMILES string of the molecule is CC(O)C1CCN(C(=O)NC(CCS(C)(=O)=O)C(=O)O)C1.